The molecule has 8 heteroatoms. The molecule has 0 bridgehead atoms. The Morgan fingerprint density at radius 3 is 2.10 bits per heavy atom. The van der Waals surface area contributed by atoms with Gasteiger partial charge in [0.2, 0.25) is 15.9 Å². The van der Waals surface area contributed by atoms with Gasteiger partial charge in [-0.25, -0.2) is 12.7 Å². The first-order valence-electron chi connectivity index (χ1n) is 7.11. The molecule has 0 aliphatic heterocycles. The minimum atomic E-state index is -3.64. The Labute approximate surface area is 126 Å². The predicted octanol–water partition coefficient (Wildman–Crippen LogP) is 0.521. The molecule has 0 heterocycles. The van der Waals surface area contributed by atoms with Crippen molar-refractivity contribution < 1.29 is 23.1 Å². The summed E-state index contributed by atoms with van der Waals surface area (Å²) in [6, 6.07) is 0. The molecule has 0 fully saturated rings. The van der Waals surface area contributed by atoms with Crippen LogP contribution in [0.4, 0.5) is 0 Å². The van der Waals surface area contributed by atoms with Crippen molar-refractivity contribution >= 4 is 21.9 Å². The van der Waals surface area contributed by atoms with Crippen molar-refractivity contribution in [1.82, 2.24) is 9.62 Å². The first-order chi connectivity index (χ1) is 9.63. The van der Waals surface area contributed by atoms with Gasteiger partial charge in [0.15, 0.2) is 0 Å². The molecule has 0 aliphatic rings. The van der Waals surface area contributed by atoms with E-state index in [-0.39, 0.29) is 12.5 Å². The largest absolute Gasteiger partial charge is 0.481 e. The summed E-state index contributed by atoms with van der Waals surface area (Å²) >= 11 is 0. The average molecular weight is 322 g/mol. The molecule has 0 aromatic heterocycles. The molecule has 0 spiro atoms. The molecule has 0 aliphatic carbocycles. The molecule has 0 aromatic rings. The fourth-order valence-electron chi connectivity index (χ4n) is 2.00. The van der Waals surface area contributed by atoms with Crippen LogP contribution in [0.15, 0.2) is 0 Å². The lowest BCUT2D eigenvalue weighted by Crippen LogP contribution is -2.41. The van der Waals surface area contributed by atoms with Crippen LogP contribution in [-0.4, -0.2) is 55.1 Å². The van der Waals surface area contributed by atoms with Gasteiger partial charge in [0, 0.05) is 19.6 Å². The van der Waals surface area contributed by atoms with Gasteiger partial charge in [-0.3, -0.25) is 9.59 Å². The van der Waals surface area contributed by atoms with Gasteiger partial charge in [-0.2, -0.15) is 0 Å². The number of carboxylic acid groups (broad SMARTS) is 1. The van der Waals surface area contributed by atoms with Crippen molar-refractivity contribution in [3.8, 4) is 0 Å². The van der Waals surface area contributed by atoms with Crippen LogP contribution in [0.1, 0.15) is 34.1 Å². The number of nitrogens with one attached hydrogen (secondary N) is 1. The van der Waals surface area contributed by atoms with E-state index in [4.69, 9.17) is 5.11 Å². The molecule has 1 atom stereocenters. The van der Waals surface area contributed by atoms with Crippen LogP contribution in [0.25, 0.3) is 0 Å². The van der Waals surface area contributed by atoms with Crippen LogP contribution in [0.5, 0.6) is 0 Å². The molecule has 1 amide bonds. The van der Waals surface area contributed by atoms with Gasteiger partial charge in [-0.15, -0.1) is 0 Å². The molecular formula is C13H26N2O5S. The van der Waals surface area contributed by atoms with Crippen LogP contribution in [0.2, 0.25) is 0 Å². The number of carbonyl (C=O) groups is 2. The lowest BCUT2D eigenvalue weighted by Gasteiger charge is -2.19. The zero-order valence-corrected chi connectivity index (χ0v) is 13.9. The zero-order chi connectivity index (χ0) is 16.6. The summed E-state index contributed by atoms with van der Waals surface area (Å²) in [6.45, 7) is 7.73. The van der Waals surface area contributed by atoms with E-state index in [9.17, 15) is 18.0 Å². The van der Waals surface area contributed by atoms with Crippen LogP contribution in [0.3, 0.4) is 0 Å². The Morgan fingerprint density at radius 1 is 1.19 bits per heavy atom. The number of hydrogen-bond acceptors (Lipinski definition) is 4. The van der Waals surface area contributed by atoms with E-state index in [2.05, 4.69) is 5.32 Å². The van der Waals surface area contributed by atoms with Gasteiger partial charge in [-0.1, -0.05) is 27.7 Å². The maximum absolute atomic E-state index is 11.9. The lowest BCUT2D eigenvalue weighted by atomic mass is 9.97. The summed E-state index contributed by atoms with van der Waals surface area (Å²) in [7, 11) is -3.64. The fraction of sp³-hybridized carbons (Fsp3) is 0.846. The van der Waals surface area contributed by atoms with Crippen LogP contribution in [0, 0.1) is 11.8 Å². The quantitative estimate of drug-likeness (QED) is 0.610. The van der Waals surface area contributed by atoms with Crippen molar-refractivity contribution in [3.05, 3.63) is 0 Å². The molecule has 0 saturated heterocycles. The Bertz CT molecular complexity index is 443. The first kappa shape index (κ1) is 19.9. The fourth-order valence-corrected chi connectivity index (χ4v) is 3.41. The third-order valence-electron chi connectivity index (χ3n) is 3.06. The second kappa shape index (κ2) is 8.99. The Balaban J connectivity index is 4.53. The van der Waals surface area contributed by atoms with Gasteiger partial charge in [-0.05, 0) is 12.3 Å². The van der Waals surface area contributed by atoms with E-state index < -0.39 is 33.6 Å². The summed E-state index contributed by atoms with van der Waals surface area (Å²) in [5.41, 5.74) is 0. The first-order valence-corrected chi connectivity index (χ1v) is 8.72. The SMILES string of the molecule is CCN(CC)S(=O)(=O)CC(=O)NCC(CC(C)C)C(=O)O. The Kier molecular flexibility index (Phi) is 8.50. The summed E-state index contributed by atoms with van der Waals surface area (Å²) < 4.78 is 25.0. The standard InChI is InChI=1S/C13H26N2O5S/c1-5-15(6-2)21(19,20)9-12(16)14-8-11(13(17)18)7-10(3)4/h10-11H,5-9H2,1-4H3,(H,14,16)(H,17,18). The second-order valence-electron chi connectivity index (χ2n) is 5.31. The van der Waals surface area contributed by atoms with E-state index in [0.29, 0.717) is 19.5 Å². The number of nitrogens with zero attached hydrogens (tertiary/aromatic N) is 1. The predicted molar refractivity (Wildman–Crippen MR) is 80.3 cm³/mol. The van der Waals surface area contributed by atoms with E-state index in [1.54, 1.807) is 13.8 Å². The van der Waals surface area contributed by atoms with E-state index in [0.717, 1.165) is 0 Å². The topological polar surface area (TPSA) is 104 Å². The number of rotatable bonds is 10. The third-order valence-corrected chi connectivity index (χ3v) is 4.99. The number of carbonyl (C=O) groups excluding carboxylic acids is 1. The van der Waals surface area contributed by atoms with Gasteiger partial charge in [0.1, 0.15) is 5.75 Å². The van der Waals surface area contributed by atoms with E-state index in [1.165, 1.54) is 4.31 Å². The summed E-state index contributed by atoms with van der Waals surface area (Å²) in [4.78, 5) is 22.8. The average Bonchev–Trinajstić information content (AvgIpc) is 2.34. The zero-order valence-electron chi connectivity index (χ0n) is 13.1. The highest BCUT2D eigenvalue weighted by Gasteiger charge is 2.24. The highest BCUT2D eigenvalue weighted by molar-refractivity contribution is 7.89. The highest BCUT2D eigenvalue weighted by Crippen LogP contribution is 2.11. The van der Waals surface area contributed by atoms with E-state index >= 15 is 0 Å². The monoisotopic (exact) mass is 322 g/mol. The van der Waals surface area contributed by atoms with Crippen molar-refractivity contribution in [1.29, 1.82) is 0 Å². The molecule has 7 nitrogen and oxygen atoms in total. The molecular weight excluding hydrogens is 296 g/mol. The van der Waals surface area contributed by atoms with E-state index in [1.807, 2.05) is 13.8 Å². The molecule has 124 valence electrons. The summed E-state index contributed by atoms with van der Waals surface area (Å²) in [5, 5.41) is 11.5. The normalized spacial score (nSPS) is 13.4. The van der Waals surface area contributed by atoms with Crippen molar-refractivity contribution in [2.24, 2.45) is 11.8 Å². The van der Waals surface area contributed by atoms with Crippen molar-refractivity contribution in [2.75, 3.05) is 25.4 Å². The minimum Gasteiger partial charge on any atom is -0.481 e. The second-order valence-corrected chi connectivity index (χ2v) is 7.28. The molecule has 0 saturated carbocycles. The molecule has 0 radical (unpaired) electrons. The highest BCUT2D eigenvalue weighted by atomic mass is 32.2. The molecule has 1 unspecified atom stereocenters. The molecule has 21 heavy (non-hydrogen) atoms. The molecule has 0 rings (SSSR count). The molecule has 2 N–H and O–H groups in total. The Hall–Kier alpha value is -1.15. The smallest absolute Gasteiger partial charge is 0.308 e. The summed E-state index contributed by atoms with van der Waals surface area (Å²) in [6.07, 6.45) is 0.429. The van der Waals surface area contributed by atoms with Crippen LogP contribution in [-0.2, 0) is 19.6 Å². The maximum Gasteiger partial charge on any atom is 0.308 e. The number of carboxylic acids is 1. The van der Waals surface area contributed by atoms with Gasteiger partial charge in [0.25, 0.3) is 0 Å². The van der Waals surface area contributed by atoms with Crippen LogP contribution >= 0.6 is 0 Å². The van der Waals surface area contributed by atoms with Crippen molar-refractivity contribution in [3.63, 3.8) is 0 Å². The third kappa shape index (κ3) is 7.42. The van der Waals surface area contributed by atoms with Gasteiger partial charge in [0.05, 0.1) is 5.92 Å². The van der Waals surface area contributed by atoms with Gasteiger partial charge >= 0.3 is 5.97 Å². The number of aliphatic carboxylic acids is 1. The maximum atomic E-state index is 11.9. The Morgan fingerprint density at radius 2 is 1.71 bits per heavy atom. The van der Waals surface area contributed by atoms with Crippen molar-refractivity contribution in [2.45, 2.75) is 34.1 Å². The lowest BCUT2D eigenvalue weighted by molar-refractivity contribution is -0.142. The minimum absolute atomic E-state index is 0.0554. The number of sulfonamides is 1. The molecule has 0 aromatic carbocycles. The summed E-state index contributed by atoms with van der Waals surface area (Å²) in [5.74, 6) is -2.83. The number of hydrogen-bond donors (Lipinski definition) is 2. The van der Waals surface area contributed by atoms with Gasteiger partial charge < -0.3 is 10.4 Å². The number of amides is 1. The van der Waals surface area contributed by atoms with Crippen LogP contribution < -0.4 is 5.32 Å².